The Balaban J connectivity index is 1.54. The summed E-state index contributed by atoms with van der Waals surface area (Å²) in [5, 5.41) is 8.73. The Morgan fingerprint density at radius 3 is 2.41 bits per heavy atom. The first kappa shape index (κ1) is 16.8. The van der Waals surface area contributed by atoms with Crippen molar-refractivity contribution in [1.29, 1.82) is 5.26 Å². The molecule has 0 bridgehead atoms. The normalized spacial score (nSPS) is 22.2. The summed E-state index contributed by atoms with van der Waals surface area (Å²) in [6.45, 7) is 9.94. The van der Waals surface area contributed by atoms with Crippen LogP contribution in [0.25, 0.3) is 0 Å². The van der Waals surface area contributed by atoms with Gasteiger partial charge in [0, 0.05) is 19.6 Å². The fraction of sp³-hybridized carbons (Fsp3) is 0.611. The first-order valence-electron chi connectivity index (χ1n) is 8.10. The molecule has 2 rings (SSSR count). The molecule has 0 aromatic heterocycles. The largest absolute Gasteiger partial charge is 0.491 e. The number of likely N-dealkylation sites (tertiary alicyclic amines) is 1. The smallest absolute Gasteiger partial charge is 0.119 e. The van der Waals surface area contributed by atoms with E-state index < -0.39 is 0 Å². The molecule has 1 aliphatic rings. The van der Waals surface area contributed by atoms with Crippen LogP contribution in [0.1, 0.15) is 25.8 Å². The zero-order valence-corrected chi connectivity index (χ0v) is 13.6. The SMILES string of the molecule is C[C@@H]1C[C@@H](C)CN(CCOCCOc2ccc(C#N)cc2)C1. The van der Waals surface area contributed by atoms with Crippen molar-refractivity contribution in [3.63, 3.8) is 0 Å². The summed E-state index contributed by atoms with van der Waals surface area (Å²) in [5.41, 5.74) is 0.647. The van der Waals surface area contributed by atoms with E-state index in [4.69, 9.17) is 14.7 Å². The Morgan fingerprint density at radius 2 is 1.77 bits per heavy atom. The van der Waals surface area contributed by atoms with E-state index in [1.54, 1.807) is 12.1 Å². The minimum absolute atomic E-state index is 0.540. The molecule has 0 unspecified atom stereocenters. The first-order valence-corrected chi connectivity index (χ1v) is 8.10. The van der Waals surface area contributed by atoms with E-state index in [2.05, 4.69) is 24.8 Å². The third kappa shape index (κ3) is 5.67. The molecule has 120 valence electrons. The standard InChI is InChI=1S/C18H26N2O2/c1-15-11-16(2)14-20(13-15)7-8-21-9-10-22-18-5-3-17(12-19)4-6-18/h3-6,15-16H,7-11,13-14H2,1-2H3/t15-,16-/m1/s1. The highest BCUT2D eigenvalue weighted by molar-refractivity contribution is 5.34. The van der Waals surface area contributed by atoms with Gasteiger partial charge in [-0.15, -0.1) is 0 Å². The number of hydrogen-bond acceptors (Lipinski definition) is 4. The van der Waals surface area contributed by atoms with Crippen molar-refractivity contribution in [1.82, 2.24) is 4.90 Å². The van der Waals surface area contributed by atoms with Crippen molar-refractivity contribution < 1.29 is 9.47 Å². The molecule has 0 N–H and O–H groups in total. The maximum absolute atomic E-state index is 8.73. The maximum atomic E-state index is 8.73. The summed E-state index contributed by atoms with van der Waals surface area (Å²) in [5.74, 6) is 2.37. The van der Waals surface area contributed by atoms with Gasteiger partial charge in [0.25, 0.3) is 0 Å². The summed E-state index contributed by atoms with van der Waals surface area (Å²) >= 11 is 0. The first-order chi connectivity index (χ1) is 10.7. The molecule has 1 aromatic carbocycles. The van der Waals surface area contributed by atoms with Gasteiger partial charge >= 0.3 is 0 Å². The van der Waals surface area contributed by atoms with Gasteiger partial charge in [0.15, 0.2) is 0 Å². The predicted octanol–water partition coefficient (Wildman–Crippen LogP) is 2.93. The number of nitrogens with zero attached hydrogens (tertiary/aromatic N) is 2. The number of hydrogen-bond donors (Lipinski definition) is 0. The van der Waals surface area contributed by atoms with Gasteiger partial charge in [-0.25, -0.2) is 0 Å². The Kier molecular flexibility index (Phi) is 6.70. The minimum atomic E-state index is 0.540. The molecule has 2 atom stereocenters. The van der Waals surface area contributed by atoms with Crippen LogP contribution >= 0.6 is 0 Å². The lowest BCUT2D eigenvalue weighted by molar-refractivity contribution is 0.0595. The molecule has 1 aliphatic heterocycles. The summed E-state index contributed by atoms with van der Waals surface area (Å²) in [6, 6.07) is 9.24. The number of ether oxygens (including phenoxy) is 2. The summed E-state index contributed by atoms with van der Waals surface area (Å²) in [7, 11) is 0. The van der Waals surface area contributed by atoms with E-state index in [1.165, 1.54) is 19.5 Å². The van der Waals surface area contributed by atoms with Gasteiger partial charge in [0.05, 0.1) is 24.8 Å². The van der Waals surface area contributed by atoms with Crippen molar-refractivity contribution in [3.05, 3.63) is 29.8 Å². The molecule has 0 saturated carbocycles. The van der Waals surface area contributed by atoms with Crippen LogP contribution in [0.3, 0.4) is 0 Å². The van der Waals surface area contributed by atoms with E-state index >= 15 is 0 Å². The van der Waals surface area contributed by atoms with Gasteiger partial charge < -0.3 is 14.4 Å². The van der Waals surface area contributed by atoms with Gasteiger partial charge in [-0.3, -0.25) is 0 Å². The van der Waals surface area contributed by atoms with Gasteiger partial charge in [-0.05, 0) is 42.5 Å². The highest BCUT2D eigenvalue weighted by atomic mass is 16.5. The molecule has 1 fully saturated rings. The van der Waals surface area contributed by atoms with Crippen LogP contribution in [-0.4, -0.2) is 44.4 Å². The van der Waals surface area contributed by atoms with E-state index in [0.717, 1.165) is 30.7 Å². The number of piperidine rings is 1. The highest BCUT2D eigenvalue weighted by Gasteiger charge is 2.20. The van der Waals surface area contributed by atoms with Crippen molar-refractivity contribution in [2.24, 2.45) is 11.8 Å². The van der Waals surface area contributed by atoms with Crippen molar-refractivity contribution >= 4 is 0 Å². The van der Waals surface area contributed by atoms with Gasteiger partial charge in [0.2, 0.25) is 0 Å². The lowest BCUT2D eigenvalue weighted by Gasteiger charge is -2.34. The van der Waals surface area contributed by atoms with Crippen LogP contribution < -0.4 is 4.74 Å². The molecule has 1 saturated heterocycles. The highest BCUT2D eigenvalue weighted by Crippen LogP contribution is 2.20. The molecule has 22 heavy (non-hydrogen) atoms. The number of benzene rings is 1. The van der Waals surface area contributed by atoms with E-state index in [9.17, 15) is 0 Å². The van der Waals surface area contributed by atoms with Crippen LogP contribution in [-0.2, 0) is 4.74 Å². The summed E-state index contributed by atoms with van der Waals surface area (Å²) < 4.78 is 11.2. The molecule has 1 heterocycles. The molecule has 0 aliphatic carbocycles. The second-order valence-corrected chi connectivity index (χ2v) is 6.30. The lowest BCUT2D eigenvalue weighted by atomic mass is 9.92. The molecule has 1 aromatic rings. The fourth-order valence-corrected chi connectivity index (χ4v) is 3.11. The van der Waals surface area contributed by atoms with Crippen LogP contribution in [0.5, 0.6) is 5.75 Å². The molecular weight excluding hydrogens is 276 g/mol. The Morgan fingerprint density at radius 1 is 1.09 bits per heavy atom. The van der Waals surface area contributed by atoms with Crippen molar-refractivity contribution in [2.75, 3.05) is 39.5 Å². The fourth-order valence-electron chi connectivity index (χ4n) is 3.11. The maximum Gasteiger partial charge on any atom is 0.119 e. The van der Waals surface area contributed by atoms with Crippen LogP contribution in [0.15, 0.2) is 24.3 Å². The van der Waals surface area contributed by atoms with Crippen LogP contribution in [0.4, 0.5) is 0 Å². The van der Waals surface area contributed by atoms with E-state index in [1.807, 2.05) is 12.1 Å². The topological polar surface area (TPSA) is 45.5 Å². The molecule has 4 heteroatoms. The molecule has 0 spiro atoms. The quantitative estimate of drug-likeness (QED) is 0.727. The number of nitriles is 1. The van der Waals surface area contributed by atoms with Crippen LogP contribution in [0, 0.1) is 23.2 Å². The molecule has 0 radical (unpaired) electrons. The van der Waals surface area contributed by atoms with E-state index in [0.29, 0.717) is 18.8 Å². The Hall–Kier alpha value is -1.57. The Labute approximate surface area is 133 Å². The molecule has 4 nitrogen and oxygen atoms in total. The second-order valence-electron chi connectivity index (χ2n) is 6.30. The third-order valence-electron chi connectivity index (χ3n) is 3.98. The number of rotatable bonds is 7. The predicted molar refractivity (Wildman–Crippen MR) is 86.9 cm³/mol. The summed E-state index contributed by atoms with van der Waals surface area (Å²) in [6.07, 6.45) is 1.34. The third-order valence-corrected chi connectivity index (χ3v) is 3.98. The van der Waals surface area contributed by atoms with E-state index in [-0.39, 0.29) is 0 Å². The zero-order chi connectivity index (χ0) is 15.8. The average Bonchev–Trinajstić information content (AvgIpc) is 2.50. The zero-order valence-electron chi connectivity index (χ0n) is 13.6. The molecule has 0 amide bonds. The van der Waals surface area contributed by atoms with Crippen LogP contribution in [0.2, 0.25) is 0 Å². The lowest BCUT2D eigenvalue weighted by Crippen LogP contribution is -2.40. The Bertz CT molecular complexity index is 471. The monoisotopic (exact) mass is 302 g/mol. The van der Waals surface area contributed by atoms with Gasteiger partial charge in [-0.2, -0.15) is 5.26 Å². The minimum Gasteiger partial charge on any atom is -0.491 e. The van der Waals surface area contributed by atoms with Crippen molar-refractivity contribution in [3.8, 4) is 11.8 Å². The van der Waals surface area contributed by atoms with Crippen molar-refractivity contribution in [2.45, 2.75) is 20.3 Å². The molecular formula is C18H26N2O2. The van der Waals surface area contributed by atoms with Gasteiger partial charge in [-0.1, -0.05) is 13.8 Å². The summed E-state index contributed by atoms with van der Waals surface area (Å²) in [4.78, 5) is 2.50. The second kappa shape index (κ2) is 8.77. The van der Waals surface area contributed by atoms with Gasteiger partial charge in [0.1, 0.15) is 12.4 Å². The average molecular weight is 302 g/mol.